The molecule has 0 radical (unpaired) electrons. The molecule has 206 valence electrons. The smallest absolute Gasteiger partial charge is 0.309 e. The number of benzene rings is 1. The summed E-state index contributed by atoms with van der Waals surface area (Å²) < 4.78 is 0. The van der Waals surface area contributed by atoms with E-state index in [4.69, 9.17) is 33.2 Å². The number of aryl methyl sites for hydroxylation is 2. The van der Waals surface area contributed by atoms with Crippen molar-refractivity contribution in [1.82, 2.24) is 14.9 Å². The highest BCUT2D eigenvalue weighted by Gasteiger charge is 2.51. The zero-order valence-electron chi connectivity index (χ0n) is 22.8. The summed E-state index contributed by atoms with van der Waals surface area (Å²) >= 11 is 13.2. The number of rotatable bonds is 7. The number of hydrogen-bond donors (Lipinski definition) is 2. The number of likely N-dealkylation sites (tertiary alicyclic amines) is 1. The fraction of sp³-hybridized carbons (Fsp3) is 0.621. The van der Waals surface area contributed by atoms with Crippen molar-refractivity contribution in [3.63, 3.8) is 0 Å². The third-order valence-electron chi connectivity index (χ3n) is 8.98. The Labute approximate surface area is 235 Å². The predicted octanol–water partition coefficient (Wildman–Crippen LogP) is 6.51. The lowest BCUT2D eigenvalue weighted by Crippen LogP contribution is -2.58. The largest absolute Gasteiger partial charge is 0.481 e. The maximum atomic E-state index is 11.7. The molecule has 2 aliphatic heterocycles. The van der Waals surface area contributed by atoms with Crippen LogP contribution in [0.4, 0.5) is 11.8 Å². The normalized spacial score (nSPS) is 28.7. The molecule has 1 aliphatic carbocycles. The molecule has 3 atom stereocenters. The minimum absolute atomic E-state index is 0.0659. The van der Waals surface area contributed by atoms with E-state index in [-0.39, 0.29) is 6.04 Å². The van der Waals surface area contributed by atoms with Crippen molar-refractivity contribution in [1.29, 1.82) is 0 Å². The van der Waals surface area contributed by atoms with E-state index < -0.39 is 11.4 Å². The number of hydrogen-bond acceptors (Lipinski definition) is 6. The van der Waals surface area contributed by atoms with E-state index in [1.807, 2.05) is 32.9 Å². The van der Waals surface area contributed by atoms with Crippen LogP contribution >= 0.6 is 23.2 Å². The number of nitrogens with one attached hydrogen (secondary N) is 1. The first kappa shape index (κ1) is 27.5. The first-order valence-electron chi connectivity index (χ1n) is 13.9. The van der Waals surface area contributed by atoms with Crippen LogP contribution in [-0.4, -0.2) is 57.7 Å². The van der Waals surface area contributed by atoms with Gasteiger partial charge in [-0.25, -0.2) is 4.98 Å². The van der Waals surface area contributed by atoms with Crippen LogP contribution in [0.1, 0.15) is 75.2 Å². The third kappa shape index (κ3) is 5.34. The van der Waals surface area contributed by atoms with E-state index in [9.17, 15) is 9.90 Å². The molecule has 2 saturated heterocycles. The Kier molecular flexibility index (Phi) is 7.82. The average Bonchev–Trinajstić information content (AvgIpc) is 3.34. The number of aliphatic carboxylic acids is 1. The van der Waals surface area contributed by atoms with Gasteiger partial charge in [0.1, 0.15) is 5.02 Å². The summed E-state index contributed by atoms with van der Waals surface area (Å²) in [5, 5.41) is 14.3. The van der Waals surface area contributed by atoms with Crippen molar-refractivity contribution in [3.05, 3.63) is 45.1 Å². The Morgan fingerprint density at radius 1 is 1.16 bits per heavy atom. The van der Waals surface area contributed by atoms with Crippen LogP contribution in [0.15, 0.2) is 18.2 Å². The molecule has 2 aromatic rings. The molecule has 7 nitrogen and oxygen atoms in total. The van der Waals surface area contributed by atoms with E-state index in [0.29, 0.717) is 34.8 Å². The number of piperidine rings is 1. The SMILES string of the molecule is Cc1ccc(C(C)Nc2nc(N3CCC(C4CCCCN4C4CC(C)(C(=O)O)C4)C3)nc(C)c2Cl)c(Cl)c1. The van der Waals surface area contributed by atoms with Crippen molar-refractivity contribution in [2.75, 3.05) is 29.9 Å². The van der Waals surface area contributed by atoms with Gasteiger partial charge >= 0.3 is 5.97 Å². The lowest BCUT2D eigenvalue weighted by atomic mass is 9.65. The molecule has 5 rings (SSSR count). The van der Waals surface area contributed by atoms with E-state index in [1.165, 1.54) is 19.3 Å². The van der Waals surface area contributed by atoms with Crippen LogP contribution in [0.3, 0.4) is 0 Å². The standard InChI is InChI=1S/C29H39Cl2N5O2/c1-17-8-9-22(23(30)13-17)18(2)32-26-25(31)19(3)33-28(34-26)35-12-10-20(16-35)24-7-5-6-11-36(24)21-14-29(4,15-21)27(37)38/h8-9,13,18,20-21,24H,5-7,10-12,14-16H2,1-4H3,(H,37,38)(H,32,33,34). The second kappa shape index (κ2) is 10.8. The van der Waals surface area contributed by atoms with Crippen LogP contribution < -0.4 is 10.2 Å². The molecule has 38 heavy (non-hydrogen) atoms. The van der Waals surface area contributed by atoms with Gasteiger partial charge in [0.25, 0.3) is 0 Å². The molecule has 3 aliphatic rings. The van der Waals surface area contributed by atoms with Gasteiger partial charge in [-0.05, 0) is 89.5 Å². The summed E-state index contributed by atoms with van der Waals surface area (Å²) in [6, 6.07) is 6.88. The van der Waals surface area contributed by atoms with Gasteiger partial charge in [-0.15, -0.1) is 0 Å². The fourth-order valence-corrected chi connectivity index (χ4v) is 7.20. The van der Waals surface area contributed by atoms with Crippen LogP contribution in [0.5, 0.6) is 0 Å². The van der Waals surface area contributed by atoms with Gasteiger partial charge < -0.3 is 15.3 Å². The van der Waals surface area contributed by atoms with Crippen molar-refractivity contribution in [3.8, 4) is 0 Å². The Morgan fingerprint density at radius 3 is 2.63 bits per heavy atom. The van der Waals surface area contributed by atoms with Crippen molar-refractivity contribution < 1.29 is 9.90 Å². The Hall–Kier alpha value is -2.09. The van der Waals surface area contributed by atoms with Gasteiger partial charge in [0.15, 0.2) is 5.82 Å². The van der Waals surface area contributed by atoms with Crippen LogP contribution in [0, 0.1) is 25.2 Å². The molecule has 3 heterocycles. The summed E-state index contributed by atoms with van der Waals surface area (Å²) in [4.78, 5) is 26.2. The number of anilines is 2. The van der Waals surface area contributed by atoms with Crippen LogP contribution in [0.25, 0.3) is 0 Å². The number of carboxylic acid groups (broad SMARTS) is 1. The Bertz CT molecular complexity index is 1200. The van der Waals surface area contributed by atoms with Gasteiger partial charge in [-0.3, -0.25) is 9.69 Å². The first-order chi connectivity index (χ1) is 18.1. The van der Waals surface area contributed by atoms with Crippen molar-refractivity contribution in [2.24, 2.45) is 11.3 Å². The highest BCUT2D eigenvalue weighted by atomic mass is 35.5. The number of aromatic nitrogens is 2. The van der Waals surface area contributed by atoms with Gasteiger partial charge in [-0.1, -0.05) is 41.8 Å². The number of nitrogens with zero attached hydrogens (tertiary/aromatic N) is 4. The van der Waals surface area contributed by atoms with E-state index in [0.717, 1.165) is 60.7 Å². The summed E-state index contributed by atoms with van der Waals surface area (Å²) in [6.07, 6.45) is 6.23. The summed E-state index contributed by atoms with van der Waals surface area (Å²) in [5.41, 5.74) is 2.32. The molecule has 1 saturated carbocycles. The topological polar surface area (TPSA) is 81.6 Å². The fourth-order valence-electron chi connectivity index (χ4n) is 6.66. The van der Waals surface area contributed by atoms with E-state index in [2.05, 4.69) is 28.1 Å². The predicted molar refractivity (Wildman–Crippen MR) is 153 cm³/mol. The Morgan fingerprint density at radius 2 is 1.92 bits per heavy atom. The highest BCUT2D eigenvalue weighted by molar-refractivity contribution is 6.33. The molecule has 0 amide bonds. The molecule has 0 bridgehead atoms. The highest BCUT2D eigenvalue weighted by Crippen LogP contribution is 2.46. The number of halogens is 2. The molecule has 2 N–H and O–H groups in total. The van der Waals surface area contributed by atoms with Crippen LogP contribution in [0.2, 0.25) is 10.0 Å². The molecule has 9 heteroatoms. The van der Waals surface area contributed by atoms with Gasteiger partial charge in [0.2, 0.25) is 5.95 Å². The zero-order valence-corrected chi connectivity index (χ0v) is 24.3. The second-order valence-electron chi connectivity index (χ2n) is 11.9. The molecule has 0 spiro atoms. The molecule has 1 aromatic heterocycles. The lowest BCUT2D eigenvalue weighted by molar-refractivity contribution is -0.159. The maximum Gasteiger partial charge on any atom is 0.309 e. The summed E-state index contributed by atoms with van der Waals surface area (Å²) in [7, 11) is 0. The van der Waals surface area contributed by atoms with Gasteiger partial charge in [0.05, 0.1) is 17.2 Å². The second-order valence-corrected chi connectivity index (χ2v) is 12.7. The molecule has 3 unspecified atom stereocenters. The van der Waals surface area contributed by atoms with Crippen molar-refractivity contribution in [2.45, 2.75) is 84.3 Å². The third-order valence-corrected chi connectivity index (χ3v) is 9.76. The van der Waals surface area contributed by atoms with E-state index in [1.54, 1.807) is 0 Å². The average molecular weight is 561 g/mol. The van der Waals surface area contributed by atoms with Gasteiger partial charge in [0, 0.05) is 30.2 Å². The number of carboxylic acids is 1. The molecule has 1 aromatic carbocycles. The van der Waals surface area contributed by atoms with Gasteiger partial charge in [-0.2, -0.15) is 4.98 Å². The lowest BCUT2D eigenvalue weighted by Gasteiger charge is -2.52. The quantitative estimate of drug-likeness (QED) is 0.400. The first-order valence-corrected chi connectivity index (χ1v) is 14.6. The molecular formula is C29H39Cl2N5O2. The minimum atomic E-state index is -0.659. The molecule has 3 fully saturated rings. The van der Waals surface area contributed by atoms with Crippen molar-refractivity contribution >= 4 is 40.9 Å². The molecular weight excluding hydrogens is 521 g/mol. The summed E-state index contributed by atoms with van der Waals surface area (Å²) in [6.45, 7) is 10.8. The summed E-state index contributed by atoms with van der Waals surface area (Å²) in [5.74, 6) is 1.20. The monoisotopic (exact) mass is 559 g/mol. The zero-order chi connectivity index (χ0) is 27.2. The Balaban J connectivity index is 1.29. The van der Waals surface area contributed by atoms with Crippen LogP contribution in [-0.2, 0) is 4.79 Å². The maximum absolute atomic E-state index is 11.7. The number of carbonyl (C=O) groups is 1. The van der Waals surface area contributed by atoms with E-state index >= 15 is 0 Å². The minimum Gasteiger partial charge on any atom is -0.481 e.